The van der Waals surface area contributed by atoms with Crippen molar-refractivity contribution in [1.29, 1.82) is 0 Å². The SMILES string of the molecule is CCC1CN(C2(CN)CC3CCC(C2)N3C)CCS1. The highest BCUT2D eigenvalue weighted by Gasteiger charge is 2.49. The molecular weight excluding hydrogens is 254 g/mol. The summed E-state index contributed by atoms with van der Waals surface area (Å²) in [6.07, 6.45) is 6.69. The van der Waals surface area contributed by atoms with Crippen molar-refractivity contribution in [3.63, 3.8) is 0 Å². The zero-order valence-corrected chi connectivity index (χ0v) is 13.3. The standard InChI is InChI=1S/C15H29N3S/c1-3-14-10-18(6-7-19-14)15(11-16)8-12-4-5-13(9-15)17(12)2/h12-14H,3-11,16H2,1-2H3. The molecule has 3 saturated heterocycles. The molecule has 0 spiro atoms. The first-order valence-corrected chi connectivity index (χ1v) is 9.02. The second-order valence-electron chi connectivity index (χ2n) is 6.73. The molecule has 3 aliphatic rings. The number of thioether (sulfide) groups is 1. The van der Waals surface area contributed by atoms with Gasteiger partial charge >= 0.3 is 0 Å². The minimum Gasteiger partial charge on any atom is -0.329 e. The molecule has 19 heavy (non-hydrogen) atoms. The van der Waals surface area contributed by atoms with E-state index in [1.54, 1.807) is 0 Å². The quantitative estimate of drug-likeness (QED) is 0.855. The Morgan fingerprint density at radius 2 is 1.95 bits per heavy atom. The summed E-state index contributed by atoms with van der Waals surface area (Å²) < 4.78 is 0. The van der Waals surface area contributed by atoms with Gasteiger partial charge in [0.2, 0.25) is 0 Å². The lowest BCUT2D eigenvalue weighted by molar-refractivity contribution is 0.00265. The maximum Gasteiger partial charge on any atom is 0.0362 e. The van der Waals surface area contributed by atoms with Crippen LogP contribution in [0.25, 0.3) is 0 Å². The van der Waals surface area contributed by atoms with Crippen molar-refractivity contribution in [2.45, 2.75) is 61.9 Å². The van der Waals surface area contributed by atoms with E-state index in [-0.39, 0.29) is 0 Å². The van der Waals surface area contributed by atoms with E-state index in [2.05, 4.69) is 35.5 Å². The van der Waals surface area contributed by atoms with E-state index < -0.39 is 0 Å². The minimum atomic E-state index is 0.312. The molecule has 0 radical (unpaired) electrons. The van der Waals surface area contributed by atoms with Gasteiger partial charge in [0.15, 0.2) is 0 Å². The lowest BCUT2D eigenvalue weighted by Gasteiger charge is -2.53. The lowest BCUT2D eigenvalue weighted by Crippen LogP contribution is -2.64. The molecule has 3 nitrogen and oxygen atoms in total. The zero-order valence-electron chi connectivity index (χ0n) is 12.5. The van der Waals surface area contributed by atoms with Crippen molar-refractivity contribution in [1.82, 2.24) is 9.80 Å². The van der Waals surface area contributed by atoms with Crippen molar-refractivity contribution in [2.75, 3.05) is 32.4 Å². The van der Waals surface area contributed by atoms with Crippen molar-refractivity contribution in [3.8, 4) is 0 Å². The topological polar surface area (TPSA) is 32.5 Å². The molecule has 0 amide bonds. The van der Waals surface area contributed by atoms with Gasteiger partial charge in [-0.1, -0.05) is 6.92 Å². The van der Waals surface area contributed by atoms with E-state index in [1.807, 2.05) is 0 Å². The fourth-order valence-corrected chi connectivity index (χ4v) is 5.67. The van der Waals surface area contributed by atoms with Crippen LogP contribution in [0.15, 0.2) is 0 Å². The Labute approximate surface area is 122 Å². The average Bonchev–Trinajstić information content (AvgIpc) is 2.69. The summed E-state index contributed by atoms with van der Waals surface area (Å²) in [6.45, 7) is 5.70. The van der Waals surface area contributed by atoms with Crippen LogP contribution in [0.3, 0.4) is 0 Å². The molecule has 3 heterocycles. The summed E-state index contributed by atoms with van der Waals surface area (Å²) in [5.41, 5.74) is 6.60. The predicted octanol–water partition coefficient (Wildman–Crippen LogP) is 1.77. The van der Waals surface area contributed by atoms with Crippen molar-refractivity contribution < 1.29 is 0 Å². The molecule has 0 aliphatic carbocycles. The van der Waals surface area contributed by atoms with Gasteiger partial charge in [0.25, 0.3) is 0 Å². The van der Waals surface area contributed by atoms with Gasteiger partial charge in [0, 0.05) is 48.3 Å². The molecule has 2 N–H and O–H groups in total. The van der Waals surface area contributed by atoms with Gasteiger partial charge in [-0.25, -0.2) is 0 Å². The van der Waals surface area contributed by atoms with Crippen LogP contribution in [-0.2, 0) is 0 Å². The molecule has 2 bridgehead atoms. The highest BCUT2D eigenvalue weighted by molar-refractivity contribution is 8.00. The summed E-state index contributed by atoms with van der Waals surface area (Å²) >= 11 is 2.17. The molecule has 3 rings (SSSR count). The van der Waals surface area contributed by atoms with Gasteiger partial charge < -0.3 is 10.6 Å². The van der Waals surface area contributed by atoms with Gasteiger partial charge in [0.05, 0.1) is 0 Å². The number of hydrogen-bond donors (Lipinski definition) is 1. The Bertz CT molecular complexity index is 309. The van der Waals surface area contributed by atoms with Crippen molar-refractivity contribution in [3.05, 3.63) is 0 Å². The molecular formula is C15H29N3S. The number of nitrogens with two attached hydrogens (primary N) is 1. The van der Waals surface area contributed by atoms with Crippen LogP contribution >= 0.6 is 11.8 Å². The molecule has 3 atom stereocenters. The van der Waals surface area contributed by atoms with Crippen LogP contribution in [0.2, 0.25) is 0 Å². The number of rotatable bonds is 3. The Morgan fingerprint density at radius 1 is 1.26 bits per heavy atom. The summed E-state index contributed by atoms with van der Waals surface area (Å²) in [6, 6.07) is 1.58. The highest BCUT2D eigenvalue weighted by atomic mass is 32.2. The van der Waals surface area contributed by atoms with Gasteiger partial charge in [-0.05, 0) is 39.2 Å². The lowest BCUT2D eigenvalue weighted by atomic mass is 9.81. The first-order chi connectivity index (χ1) is 9.18. The molecule has 0 aromatic carbocycles. The largest absolute Gasteiger partial charge is 0.329 e. The van der Waals surface area contributed by atoms with E-state index in [0.29, 0.717) is 5.54 Å². The maximum absolute atomic E-state index is 6.29. The number of hydrogen-bond acceptors (Lipinski definition) is 4. The fourth-order valence-electron chi connectivity index (χ4n) is 4.49. The summed E-state index contributed by atoms with van der Waals surface area (Å²) in [5.74, 6) is 1.30. The van der Waals surface area contributed by atoms with Crippen LogP contribution in [0.1, 0.15) is 39.0 Å². The maximum atomic E-state index is 6.29. The Morgan fingerprint density at radius 3 is 2.53 bits per heavy atom. The van der Waals surface area contributed by atoms with Crippen LogP contribution in [0.5, 0.6) is 0 Å². The molecule has 0 aromatic heterocycles. The van der Waals surface area contributed by atoms with Gasteiger partial charge in [-0.15, -0.1) is 0 Å². The van der Waals surface area contributed by atoms with Crippen molar-refractivity contribution in [2.24, 2.45) is 5.73 Å². The molecule has 4 heteroatoms. The third-order valence-electron chi connectivity index (χ3n) is 5.86. The Hall–Kier alpha value is 0.230. The molecule has 3 fully saturated rings. The normalized spacial score (nSPS) is 44.7. The molecule has 3 unspecified atom stereocenters. The Kier molecular flexibility index (Phi) is 4.14. The van der Waals surface area contributed by atoms with Crippen LogP contribution in [0.4, 0.5) is 0 Å². The number of piperidine rings is 1. The van der Waals surface area contributed by atoms with Gasteiger partial charge in [-0.3, -0.25) is 4.90 Å². The first kappa shape index (κ1) is 14.2. The van der Waals surface area contributed by atoms with Crippen LogP contribution in [0, 0.1) is 0 Å². The van der Waals surface area contributed by atoms with E-state index in [0.717, 1.165) is 23.9 Å². The van der Waals surface area contributed by atoms with Crippen LogP contribution in [-0.4, -0.2) is 65.1 Å². The Balaban J connectivity index is 1.76. The zero-order chi connectivity index (χ0) is 13.5. The van der Waals surface area contributed by atoms with Crippen molar-refractivity contribution >= 4 is 11.8 Å². The second kappa shape index (κ2) is 5.55. The number of fused-ring (bicyclic) bond motifs is 2. The summed E-state index contributed by atoms with van der Waals surface area (Å²) in [5, 5.41) is 0.828. The predicted molar refractivity (Wildman–Crippen MR) is 83.7 cm³/mol. The third kappa shape index (κ3) is 2.45. The second-order valence-corrected chi connectivity index (χ2v) is 8.14. The highest BCUT2D eigenvalue weighted by Crippen LogP contribution is 2.43. The smallest absolute Gasteiger partial charge is 0.0362 e. The third-order valence-corrected chi connectivity index (χ3v) is 7.23. The van der Waals surface area contributed by atoms with E-state index >= 15 is 0 Å². The summed E-state index contributed by atoms with van der Waals surface area (Å²) in [7, 11) is 2.32. The van der Waals surface area contributed by atoms with Crippen LogP contribution < -0.4 is 5.73 Å². The monoisotopic (exact) mass is 283 g/mol. The molecule has 0 aromatic rings. The first-order valence-electron chi connectivity index (χ1n) is 7.97. The fraction of sp³-hybridized carbons (Fsp3) is 1.00. The number of nitrogens with zero attached hydrogens (tertiary/aromatic N) is 2. The van der Waals surface area contributed by atoms with Gasteiger partial charge in [0.1, 0.15) is 0 Å². The molecule has 110 valence electrons. The molecule has 3 aliphatic heterocycles. The van der Waals surface area contributed by atoms with Gasteiger partial charge in [-0.2, -0.15) is 11.8 Å². The van der Waals surface area contributed by atoms with E-state index in [1.165, 1.54) is 50.9 Å². The molecule has 0 saturated carbocycles. The minimum absolute atomic E-state index is 0.312. The van der Waals surface area contributed by atoms with E-state index in [9.17, 15) is 0 Å². The summed E-state index contributed by atoms with van der Waals surface area (Å²) in [4.78, 5) is 5.40. The van der Waals surface area contributed by atoms with E-state index in [4.69, 9.17) is 5.73 Å². The average molecular weight is 283 g/mol.